The first-order chi connectivity index (χ1) is 14.4. The van der Waals surface area contributed by atoms with E-state index in [0.29, 0.717) is 24.0 Å². The van der Waals surface area contributed by atoms with E-state index in [2.05, 4.69) is 5.10 Å². The fourth-order valence-electron chi connectivity index (χ4n) is 3.17. The second-order valence-electron chi connectivity index (χ2n) is 6.89. The molecule has 2 aromatic carbocycles. The zero-order chi connectivity index (χ0) is 21.7. The van der Waals surface area contributed by atoms with Crippen molar-refractivity contribution in [1.82, 2.24) is 9.78 Å². The molecule has 6 nitrogen and oxygen atoms in total. The maximum Gasteiger partial charge on any atom is 0.338 e. The average molecular weight is 410 g/mol. The summed E-state index contributed by atoms with van der Waals surface area (Å²) in [6, 6.07) is 12.7. The Bertz CT molecular complexity index is 1040. The maximum absolute atomic E-state index is 12.9. The predicted octanol–water partition coefficient (Wildman–Crippen LogP) is 4.09. The van der Waals surface area contributed by atoms with Crippen LogP contribution in [0.2, 0.25) is 0 Å². The maximum atomic E-state index is 12.9. The SMILES string of the molecule is COC(=O)CCc1c(C)nn(-c2ccc(C(=O)OCc3ccc(F)cc3)cc2)c1C. The second-order valence-corrected chi connectivity index (χ2v) is 6.89. The number of carbonyl (C=O) groups excluding carboxylic acids is 2. The van der Waals surface area contributed by atoms with Gasteiger partial charge in [-0.15, -0.1) is 0 Å². The smallest absolute Gasteiger partial charge is 0.338 e. The summed E-state index contributed by atoms with van der Waals surface area (Å²) in [4.78, 5) is 23.7. The summed E-state index contributed by atoms with van der Waals surface area (Å²) in [5, 5.41) is 4.56. The second kappa shape index (κ2) is 9.35. The molecule has 0 unspecified atom stereocenters. The van der Waals surface area contributed by atoms with Crippen LogP contribution in [0.15, 0.2) is 48.5 Å². The highest BCUT2D eigenvalue weighted by Gasteiger charge is 2.15. The molecule has 7 heteroatoms. The molecule has 1 aromatic heterocycles. The van der Waals surface area contributed by atoms with Gasteiger partial charge in [0, 0.05) is 12.1 Å². The van der Waals surface area contributed by atoms with Gasteiger partial charge in [0.1, 0.15) is 12.4 Å². The number of benzene rings is 2. The third-order valence-corrected chi connectivity index (χ3v) is 4.88. The number of hydrogen-bond donors (Lipinski definition) is 0. The number of nitrogens with zero attached hydrogens (tertiary/aromatic N) is 2. The van der Waals surface area contributed by atoms with Gasteiger partial charge in [-0.1, -0.05) is 12.1 Å². The van der Waals surface area contributed by atoms with E-state index in [9.17, 15) is 14.0 Å². The standard InChI is InChI=1S/C23H23FN2O4/c1-15-21(12-13-22(27)29-3)16(2)26(25-15)20-10-6-18(7-11-20)23(28)30-14-17-4-8-19(24)9-5-17/h4-11H,12-14H2,1-3H3. The monoisotopic (exact) mass is 410 g/mol. The summed E-state index contributed by atoms with van der Waals surface area (Å²) >= 11 is 0. The number of halogens is 1. The van der Waals surface area contributed by atoms with Gasteiger partial charge in [0.05, 0.1) is 24.1 Å². The van der Waals surface area contributed by atoms with Crippen molar-refractivity contribution in [2.45, 2.75) is 33.3 Å². The van der Waals surface area contributed by atoms with Crippen molar-refractivity contribution >= 4 is 11.9 Å². The minimum absolute atomic E-state index is 0.0713. The molecule has 0 aliphatic rings. The van der Waals surface area contributed by atoms with Crippen LogP contribution < -0.4 is 0 Å². The van der Waals surface area contributed by atoms with Gasteiger partial charge in [0.25, 0.3) is 0 Å². The van der Waals surface area contributed by atoms with Crippen LogP contribution in [0, 0.1) is 19.7 Å². The van der Waals surface area contributed by atoms with Gasteiger partial charge >= 0.3 is 11.9 Å². The van der Waals surface area contributed by atoms with Crippen LogP contribution >= 0.6 is 0 Å². The molecule has 0 saturated carbocycles. The van der Waals surface area contributed by atoms with Crippen LogP contribution in [0.1, 0.15) is 39.3 Å². The van der Waals surface area contributed by atoms with Crippen molar-refractivity contribution in [3.8, 4) is 5.69 Å². The molecular weight excluding hydrogens is 387 g/mol. The van der Waals surface area contributed by atoms with Crippen LogP contribution in [-0.2, 0) is 27.3 Å². The molecule has 0 amide bonds. The summed E-state index contributed by atoms with van der Waals surface area (Å²) < 4.78 is 24.7. The molecule has 0 aliphatic carbocycles. The number of esters is 2. The Hall–Kier alpha value is -3.48. The van der Waals surface area contributed by atoms with E-state index in [1.54, 1.807) is 41.1 Å². The quantitative estimate of drug-likeness (QED) is 0.549. The highest BCUT2D eigenvalue weighted by Crippen LogP contribution is 2.20. The zero-order valence-electron chi connectivity index (χ0n) is 17.1. The lowest BCUT2D eigenvalue weighted by Crippen LogP contribution is -2.06. The van der Waals surface area contributed by atoms with Gasteiger partial charge in [-0.05, 0) is 67.8 Å². The van der Waals surface area contributed by atoms with Crippen molar-refractivity contribution in [3.63, 3.8) is 0 Å². The van der Waals surface area contributed by atoms with E-state index in [4.69, 9.17) is 9.47 Å². The fraction of sp³-hybridized carbons (Fsp3) is 0.261. The van der Waals surface area contributed by atoms with Crippen LogP contribution in [0.5, 0.6) is 0 Å². The Labute approximate surface area is 174 Å². The van der Waals surface area contributed by atoms with E-state index in [1.807, 2.05) is 13.8 Å². The van der Waals surface area contributed by atoms with E-state index >= 15 is 0 Å². The summed E-state index contributed by atoms with van der Waals surface area (Å²) in [6.45, 7) is 3.91. The minimum Gasteiger partial charge on any atom is -0.469 e. The zero-order valence-corrected chi connectivity index (χ0v) is 17.1. The molecule has 0 atom stereocenters. The first kappa shape index (κ1) is 21.2. The molecule has 0 radical (unpaired) electrons. The lowest BCUT2D eigenvalue weighted by molar-refractivity contribution is -0.140. The fourth-order valence-corrected chi connectivity index (χ4v) is 3.17. The lowest BCUT2D eigenvalue weighted by Gasteiger charge is -2.08. The van der Waals surface area contributed by atoms with Crippen LogP contribution in [0.25, 0.3) is 5.69 Å². The molecule has 0 aliphatic heterocycles. The van der Waals surface area contributed by atoms with Crippen molar-refractivity contribution in [2.75, 3.05) is 7.11 Å². The van der Waals surface area contributed by atoms with Crippen LogP contribution in [0.3, 0.4) is 0 Å². The summed E-state index contributed by atoms with van der Waals surface area (Å²) in [6.07, 6.45) is 0.848. The van der Waals surface area contributed by atoms with Crippen molar-refractivity contribution < 1.29 is 23.5 Å². The number of carbonyl (C=O) groups is 2. The van der Waals surface area contributed by atoms with Gasteiger partial charge < -0.3 is 9.47 Å². The molecule has 0 N–H and O–H groups in total. The van der Waals surface area contributed by atoms with E-state index in [1.165, 1.54) is 19.2 Å². The number of methoxy groups -OCH3 is 1. The minimum atomic E-state index is -0.460. The molecule has 0 fully saturated rings. The Morgan fingerprint density at radius 1 is 1.03 bits per heavy atom. The Morgan fingerprint density at radius 2 is 1.70 bits per heavy atom. The molecule has 3 aromatic rings. The van der Waals surface area contributed by atoms with Gasteiger partial charge in [-0.25, -0.2) is 13.9 Å². The molecule has 0 saturated heterocycles. The number of aryl methyl sites for hydroxylation is 1. The summed E-state index contributed by atoms with van der Waals surface area (Å²) in [5.41, 5.74) is 4.71. The molecule has 30 heavy (non-hydrogen) atoms. The molecule has 0 bridgehead atoms. The molecule has 3 rings (SSSR count). The van der Waals surface area contributed by atoms with Crippen LogP contribution in [-0.4, -0.2) is 28.8 Å². The molecule has 156 valence electrons. The number of hydrogen-bond acceptors (Lipinski definition) is 5. The van der Waals surface area contributed by atoms with E-state index in [-0.39, 0.29) is 18.4 Å². The Morgan fingerprint density at radius 3 is 2.33 bits per heavy atom. The van der Waals surface area contributed by atoms with E-state index < -0.39 is 5.97 Å². The highest BCUT2D eigenvalue weighted by molar-refractivity contribution is 5.89. The van der Waals surface area contributed by atoms with Crippen LogP contribution in [0.4, 0.5) is 4.39 Å². The number of ether oxygens (including phenoxy) is 2. The van der Waals surface area contributed by atoms with Gasteiger partial charge in [-0.3, -0.25) is 4.79 Å². The predicted molar refractivity (Wildman–Crippen MR) is 109 cm³/mol. The first-order valence-electron chi connectivity index (χ1n) is 9.53. The van der Waals surface area contributed by atoms with Gasteiger partial charge in [0.15, 0.2) is 0 Å². The number of aromatic nitrogens is 2. The van der Waals surface area contributed by atoms with E-state index in [0.717, 1.165) is 22.6 Å². The van der Waals surface area contributed by atoms with Gasteiger partial charge in [-0.2, -0.15) is 5.10 Å². The third-order valence-electron chi connectivity index (χ3n) is 4.88. The summed E-state index contributed by atoms with van der Waals surface area (Å²) in [5.74, 6) is -1.05. The van der Waals surface area contributed by atoms with Crippen molar-refractivity contribution in [1.29, 1.82) is 0 Å². The number of rotatable bonds is 7. The largest absolute Gasteiger partial charge is 0.469 e. The third kappa shape index (κ3) is 4.92. The normalized spacial score (nSPS) is 10.7. The van der Waals surface area contributed by atoms with Gasteiger partial charge in [0.2, 0.25) is 0 Å². The van der Waals surface area contributed by atoms with Crippen molar-refractivity contribution in [3.05, 3.63) is 82.4 Å². The Balaban J connectivity index is 1.68. The Kier molecular flexibility index (Phi) is 6.61. The molecular formula is C23H23FN2O4. The molecule has 1 heterocycles. The first-order valence-corrected chi connectivity index (χ1v) is 9.53. The highest BCUT2D eigenvalue weighted by atomic mass is 19.1. The molecule has 0 spiro atoms. The lowest BCUT2D eigenvalue weighted by atomic mass is 10.1. The summed E-state index contributed by atoms with van der Waals surface area (Å²) in [7, 11) is 1.37. The van der Waals surface area contributed by atoms with Crippen molar-refractivity contribution in [2.24, 2.45) is 0 Å². The topological polar surface area (TPSA) is 70.4 Å². The average Bonchev–Trinajstić information content (AvgIpc) is 3.04.